The van der Waals surface area contributed by atoms with Gasteiger partial charge in [0.25, 0.3) is 0 Å². The van der Waals surface area contributed by atoms with Crippen LogP contribution in [0.4, 0.5) is 0 Å². The van der Waals surface area contributed by atoms with E-state index in [1.165, 1.54) is 0 Å². The Balaban J connectivity index is 1.87. The third-order valence-corrected chi connectivity index (χ3v) is 3.77. The van der Waals surface area contributed by atoms with Crippen molar-refractivity contribution in [2.45, 2.75) is 32.1 Å². The molecule has 3 rings (SSSR count). The summed E-state index contributed by atoms with van der Waals surface area (Å²) in [5, 5.41) is 14.1. The predicted octanol–water partition coefficient (Wildman–Crippen LogP) is 2.50. The number of nitrogens with zero attached hydrogens (tertiary/aromatic N) is 3. The molecule has 0 spiro atoms. The van der Waals surface area contributed by atoms with E-state index in [0.717, 1.165) is 18.7 Å². The third kappa shape index (κ3) is 3.09. The average molecular weight is 287 g/mol. The summed E-state index contributed by atoms with van der Waals surface area (Å²) < 4.78 is 5.79. The van der Waals surface area contributed by atoms with Gasteiger partial charge in [0.1, 0.15) is 6.34 Å². The van der Waals surface area contributed by atoms with Crippen LogP contribution in [-0.2, 0) is 4.74 Å². The highest BCUT2D eigenvalue weighted by Gasteiger charge is 2.31. The van der Waals surface area contributed by atoms with E-state index >= 15 is 0 Å². The third-order valence-electron chi connectivity index (χ3n) is 3.77. The summed E-state index contributed by atoms with van der Waals surface area (Å²) in [6.07, 6.45) is 3.84. The Morgan fingerprint density at radius 2 is 1.81 bits per heavy atom. The van der Waals surface area contributed by atoms with Gasteiger partial charge in [0, 0.05) is 19.2 Å². The Morgan fingerprint density at radius 3 is 2.48 bits per heavy atom. The van der Waals surface area contributed by atoms with Gasteiger partial charge in [0.15, 0.2) is 0 Å². The minimum atomic E-state index is -0.0406. The van der Waals surface area contributed by atoms with Gasteiger partial charge in [-0.1, -0.05) is 30.3 Å². The number of rotatable bonds is 2. The Morgan fingerprint density at radius 1 is 1.14 bits per heavy atom. The number of morpholine rings is 1. The molecule has 2 aliphatic heterocycles. The van der Waals surface area contributed by atoms with Crippen molar-refractivity contribution in [3.63, 3.8) is 0 Å². The maximum Gasteiger partial charge on any atom is 0.210 e. The zero-order chi connectivity index (χ0) is 14.8. The number of aliphatic hydroxyl groups excluding tert-OH is 1. The number of aliphatic imine (C=N–C) groups is 1. The molecule has 0 radical (unpaired) electrons. The van der Waals surface area contributed by atoms with Crippen molar-refractivity contribution in [1.82, 2.24) is 10.0 Å². The maximum absolute atomic E-state index is 9.75. The van der Waals surface area contributed by atoms with Crippen LogP contribution in [-0.4, -0.2) is 46.8 Å². The molecule has 0 aliphatic carbocycles. The molecule has 1 fully saturated rings. The van der Waals surface area contributed by atoms with Crippen molar-refractivity contribution in [3.8, 4) is 0 Å². The number of hydrogen-bond donors (Lipinski definition) is 1. The summed E-state index contributed by atoms with van der Waals surface area (Å²) in [6, 6.07) is 10.1. The predicted molar refractivity (Wildman–Crippen MR) is 81.8 cm³/mol. The van der Waals surface area contributed by atoms with Crippen LogP contribution < -0.4 is 0 Å². The second-order valence-corrected chi connectivity index (χ2v) is 5.63. The van der Waals surface area contributed by atoms with Crippen LogP contribution in [0.1, 0.15) is 25.5 Å². The first kappa shape index (κ1) is 14.1. The molecule has 2 aliphatic rings. The summed E-state index contributed by atoms with van der Waals surface area (Å²) in [7, 11) is 0. The first-order chi connectivity index (χ1) is 10.1. The van der Waals surface area contributed by atoms with Crippen LogP contribution in [0.3, 0.4) is 0 Å². The minimum absolute atomic E-state index is 0.0406. The molecule has 3 unspecified atom stereocenters. The molecule has 3 atom stereocenters. The van der Waals surface area contributed by atoms with Gasteiger partial charge in [-0.25, -0.2) is 10.0 Å². The lowest BCUT2D eigenvalue weighted by molar-refractivity contribution is -0.128. The van der Waals surface area contributed by atoms with Crippen LogP contribution in [0, 0.1) is 0 Å². The van der Waals surface area contributed by atoms with Crippen molar-refractivity contribution in [2.24, 2.45) is 4.99 Å². The molecule has 0 bridgehead atoms. The second kappa shape index (κ2) is 5.87. The van der Waals surface area contributed by atoms with Gasteiger partial charge in [-0.05, 0) is 19.4 Å². The van der Waals surface area contributed by atoms with Gasteiger partial charge >= 0.3 is 0 Å². The average Bonchev–Trinajstić information content (AvgIpc) is 2.47. The monoisotopic (exact) mass is 287 g/mol. The molecule has 0 amide bonds. The summed E-state index contributed by atoms with van der Waals surface area (Å²) in [6.45, 7) is 5.78. The van der Waals surface area contributed by atoms with Gasteiger partial charge in [-0.2, -0.15) is 0 Å². The highest BCUT2D eigenvalue weighted by atomic mass is 16.5. The SMILES string of the molecule is CC1CN(N2C=NC(O)=CC2c2ccccc2)CC(C)O1. The Kier molecular flexibility index (Phi) is 3.94. The molecule has 112 valence electrons. The van der Waals surface area contributed by atoms with Crippen LogP contribution in [0.25, 0.3) is 0 Å². The second-order valence-electron chi connectivity index (χ2n) is 5.63. The number of ether oxygens (including phenoxy) is 1. The minimum Gasteiger partial charge on any atom is -0.493 e. The zero-order valence-corrected chi connectivity index (χ0v) is 12.4. The van der Waals surface area contributed by atoms with Gasteiger partial charge in [0.05, 0.1) is 18.2 Å². The van der Waals surface area contributed by atoms with E-state index in [1.807, 2.05) is 18.2 Å². The van der Waals surface area contributed by atoms with E-state index in [4.69, 9.17) is 4.74 Å². The maximum atomic E-state index is 9.75. The van der Waals surface area contributed by atoms with Crippen molar-refractivity contribution in [3.05, 3.63) is 47.9 Å². The fraction of sp³-hybridized carbons (Fsp3) is 0.438. The van der Waals surface area contributed by atoms with E-state index in [2.05, 4.69) is 41.0 Å². The van der Waals surface area contributed by atoms with Crippen LogP contribution >= 0.6 is 0 Å². The van der Waals surface area contributed by atoms with E-state index in [9.17, 15) is 5.11 Å². The van der Waals surface area contributed by atoms with Crippen molar-refractivity contribution < 1.29 is 9.84 Å². The molecule has 21 heavy (non-hydrogen) atoms. The van der Waals surface area contributed by atoms with Gasteiger partial charge in [-0.15, -0.1) is 0 Å². The molecule has 1 aromatic rings. The fourth-order valence-electron chi connectivity index (χ4n) is 2.94. The Labute approximate surface area is 125 Å². The summed E-state index contributed by atoms with van der Waals surface area (Å²) >= 11 is 0. The molecule has 0 aromatic heterocycles. The molecule has 0 saturated carbocycles. The van der Waals surface area contributed by atoms with Crippen LogP contribution in [0.15, 0.2) is 47.3 Å². The number of aliphatic hydroxyl groups is 1. The first-order valence-electron chi connectivity index (χ1n) is 7.32. The van der Waals surface area contributed by atoms with Gasteiger partial charge in [0.2, 0.25) is 5.88 Å². The highest BCUT2D eigenvalue weighted by molar-refractivity contribution is 5.59. The molecule has 5 heteroatoms. The summed E-state index contributed by atoms with van der Waals surface area (Å²) in [5.41, 5.74) is 1.13. The fourth-order valence-corrected chi connectivity index (χ4v) is 2.94. The van der Waals surface area contributed by atoms with Gasteiger partial charge < -0.3 is 9.84 Å². The number of benzene rings is 1. The normalized spacial score (nSPS) is 30.3. The summed E-state index contributed by atoms with van der Waals surface area (Å²) in [4.78, 5) is 4.05. The van der Waals surface area contributed by atoms with Crippen molar-refractivity contribution >= 4 is 6.34 Å². The first-order valence-corrected chi connectivity index (χ1v) is 7.32. The van der Waals surface area contributed by atoms with Crippen molar-refractivity contribution in [2.75, 3.05) is 13.1 Å². The van der Waals surface area contributed by atoms with E-state index in [1.54, 1.807) is 12.4 Å². The quantitative estimate of drug-likeness (QED) is 0.908. The van der Waals surface area contributed by atoms with E-state index < -0.39 is 0 Å². The molecule has 2 heterocycles. The zero-order valence-electron chi connectivity index (χ0n) is 12.4. The molecule has 5 nitrogen and oxygen atoms in total. The van der Waals surface area contributed by atoms with E-state index in [-0.39, 0.29) is 24.1 Å². The topological polar surface area (TPSA) is 48.3 Å². The largest absolute Gasteiger partial charge is 0.493 e. The van der Waals surface area contributed by atoms with Crippen LogP contribution in [0.2, 0.25) is 0 Å². The van der Waals surface area contributed by atoms with E-state index in [0.29, 0.717) is 0 Å². The lowest BCUT2D eigenvalue weighted by Crippen LogP contribution is -2.54. The Bertz CT molecular complexity index is 534. The standard InChI is InChI=1S/C16H21N3O2/c1-12-9-18(10-13(2)21-12)19-11-17-16(20)8-15(19)14-6-4-3-5-7-14/h3-8,11-13,15,20H,9-10H2,1-2H3. The molecule has 1 aromatic carbocycles. The molecule has 1 saturated heterocycles. The number of hydrazine groups is 1. The van der Waals surface area contributed by atoms with Crippen molar-refractivity contribution in [1.29, 1.82) is 0 Å². The molecule has 1 N–H and O–H groups in total. The number of hydrogen-bond acceptors (Lipinski definition) is 5. The lowest BCUT2D eigenvalue weighted by Gasteiger charge is -2.44. The highest BCUT2D eigenvalue weighted by Crippen LogP contribution is 2.28. The smallest absolute Gasteiger partial charge is 0.210 e. The Hall–Kier alpha value is -1.85. The summed E-state index contributed by atoms with van der Waals surface area (Å²) in [5.74, 6) is 0.0643. The molecular weight excluding hydrogens is 266 g/mol. The lowest BCUT2D eigenvalue weighted by atomic mass is 10.1. The van der Waals surface area contributed by atoms with Crippen LogP contribution in [0.5, 0.6) is 0 Å². The van der Waals surface area contributed by atoms with Gasteiger partial charge in [-0.3, -0.25) is 5.01 Å². The molecular formula is C16H21N3O2.